The predicted molar refractivity (Wildman–Crippen MR) is 177 cm³/mol. The van der Waals surface area contributed by atoms with Crippen molar-refractivity contribution in [1.82, 2.24) is 26.2 Å². The molecule has 0 spiro atoms. The van der Waals surface area contributed by atoms with Gasteiger partial charge in [0.1, 0.15) is 18.4 Å². The minimum atomic E-state index is -0.958. The summed E-state index contributed by atoms with van der Waals surface area (Å²) in [5.74, 6) is -1.40. The summed E-state index contributed by atoms with van der Waals surface area (Å²) in [6.45, 7) is 15.0. The average molecular weight is 622 g/mol. The van der Waals surface area contributed by atoms with Crippen molar-refractivity contribution in [2.45, 2.75) is 78.9 Å². The van der Waals surface area contributed by atoms with Crippen LogP contribution in [0.1, 0.15) is 80.7 Å². The summed E-state index contributed by atoms with van der Waals surface area (Å²) in [4.78, 5) is 66.6. The molecule has 4 N–H and O–H groups in total. The van der Waals surface area contributed by atoms with Gasteiger partial charge >= 0.3 is 0 Å². The Kier molecular flexibility index (Phi) is 16.0. The van der Waals surface area contributed by atoms with Crippen LogP contribution in [-0.4, -0.2) is 79.1 Å². The summed E-state index contributed by atoms with van der Waals surface area (Å²) in [6, 6.07) is 13.0. The highest BCUT2D eigenvalue weighted by Crippen LogP contribution is 2.11. The standard InChI is InChI=1S/C35H51N5O5/c1-7-40(8-2)19-18-36-32(42)27-14-16-28(17-15-27)33(43)38-30(21-25(5)6)35(45)39-31(22-26-12-10-9-11-13-26)34(44)37-29(23-41)20-24(3)4/h9-17,23-25,29-31H,7-8,18-22H2,1-6H3,(H,36,42)(H,37,44)(H,38,43)(H,39,45)/t29-,30-,31-/m0/s1. The molecule has 45 heavy (non-hydrogen) atoms. The van der Waals surface area contributed by atoms with E-state index in [1.54, 1.807) is 24.3 Å². The Balaban J connectivity index is 2.14. The quantitative estimate of drug-likeness (QED) is 0.178. The Morgan fingerprint density at radius 3 is 1.80 bits per heavy atom. The molecule has 0 aliphatic rings. The molecule has 0 saturated carbocycles. The fourth-order valence-corrected chi connectivity index (χ4v) is 4.96. The molecule has 4 amide bonds. The lowest BCUT2D eigenvalue weighted by Crippen LogP contribution is -2.56. The van der Waals surface area contributed by atoms with Crippen LogP contribution in [0.25, 0.3) is 0 Å². The molecule has 10 heteroatoms. The fraction of sp³-hybridized carbons (Fsp3) is 0.514. The van der Waals surface area contributed by atoms with Crippen molar-refractivity contribution in [1.29, 1.82) is 0 Å². The van der Waals surface area contributed by atoms with E-state index in [4.69, 9.17) is 0 Å². The Morgan fingerprint density at radius 1 is 0.711 bits per heavy atom. The molecule has 0 aliphatic heterocycles. The number of amides is 4. The van der Waals surface area contributed by atoms with Crippen molar-refractivity contribution in [2.24, 2.45) is 11.8 Å². The second kappa shape index (κ2) is 19.4. The Bertz CT molecular complexity index is 1230. The largest absolute Gasteiger partial charge is 0.351 e. The van der Waals surface area contributed by atoms with Crippen LogP contribution in [0.5, 0.6) is 0 Å². The third-order valence-electron chi connectivity index (χ3n) is 7.48. The summed E-state index contributed by atoms with van der Waals surface area (Å²) in [5, 5.41) is 11.3. The fourth-order valence-electron chi connectivity index (χ4n) is 4.96. The maximum Gasteiger partial charge on any atom is 0.251 e. The minimum absolute atomic E-state index is 0.0651. The van der Waals surface area contributed by atoms with E-state index in [2.05, 4.69) is 40.0 Å². The molecular formula is C35H51N5O5. The molecule has 2 aromatic carbocycles. The van der Waals surface area contributed by atoms with Crippen molar-refractivity contribution in [2.75, 3.05) is 26.2 Å². The van der Waals surface area contributed by atoms with Crippen LogP contribution >= 0.6 is 0 Å². The molecule has 10 nitrogen and oxygen atoms in total. The summed E-state index contributed by atoms with van der Waals surface area (Å²) in [7, 11) is 0. The number of carbonyl (C=O) groups excluding carboxylic acids is 5. The van der Waals surface area contributed by atoms with Gasteiger partial charge in [-0.2, -0.15) is 0 Å². The lowest BCUT2D eigenvalue weighted by Gasteiger charge is -2.25. The van der Waals surface area contributed by atoms with Gasteiger partial charge in [0.15, 0.2) is 0 Å². The molecule has 0 aromatic heterocycles. The smallest absolute Gasteiger partial charge is 0.251 e. The summed E-state index contributed by atoms with van der Waals surface area (Å²) < 4.78 is 0. The Hall–Kier alpha value is -4.05. The predicted octanol–water partition coefficient (Wildman–Crippen LogP) is 3.36. The zero-order chi connectivity index (χ0) is 33.4. The van der Waals surface area contributed by atoms with E-state index in [9.17, 15) is 24.0 Å². The number of hydrogen-bond donors (Lipinski definition) is 4. The highest BCUT2D eigenvalue weighted by atomic mass is 16.2. The summed E-state index contributed by atoms with van der Waals surface area (Å²) in [5.41, 5.74) is 1.58. The Morgan fingerprint density at radius 2 is 1.27 bits per heavy atom. The molecule has 0 aliphatic carbocycles. The zero-order valence-electron chi connectivity index (χ0n) is 27.6. The van der Waals surface area contributed by atoms with Crippen LogP contribution in [0.4, 0.5) is 0 Å². The van der Waals surface area contributed by atoms with Crippen LogP contribution < -0.4 is 21.3 Å². The van der Waals surface area contributed by atoms with Gasteiger partial charge in [-0.3, -0.25) is 19.2 Å². The maximum atomic E-state index is 13.6. The first-order valence-corrected chi connectivity index (χ1v) is 16.0. The first-order chi connectivity index (χ1) is 21.5. The number of nitrogens with one attached hydrogen (secondary N) is 4. The topological polar surface area (TPSA) is 137 Å². The van der Waals surface area contributed by atoms with Crippen LogP contribution in [0.3, 0.4) is 0 Å². The number of hydrogen-bond acceptors (Lipinski definition) is 6. The van der Waals surface area contributed by atoms with Crippen molar-refractivity contribution < 1.29 is 24.0 Å². The molecule has 0 heterocycles. The number of likely N-dealkylation sites (N-methyl/N-ethyl adjacent to an activating group) is 1. The molecule has 2 aromatic rings. The van der Waals surface area contributed by atoms with Gasteiger partial charge in [-0.15, -0.1) is 0 Å². The number of benzene rings is 2. The van der Waals surface area contributed by atoms with E-state index in [1.807, 2.05) is 58.0 Å². The van der Waals surface area contributed by atoms with Crippen LogP contribution in [-0.2, 0) is 20.8 Å². The molecule has 0 radical (unpaired) electrons. The lowest BCUT2D eigenvalue weighted by molar-refractivity contribution is -0.131. The highest BCUT2D eigenvalue weighted by molar-refractivity contribution is 6.00. The van der Waals surface area contributed by atoms with Gasteiger partial charge in [0.2, 0.25) is 11.8 Å². The van der Waals surface area contributed by atoms with Crippen LogP contribution in [0, 0.1) is 11.8 Å². The average Bonchev–Trinajstić information content (AvgIpc) is 3.02. The molecule has 0 saturated heterocycles. The van der Waals surface area contributed by atoms with Gasteiger partial charge in [0, 0.05) is 30.6 Å². The van der Waals surface area contributed by atoms with Gasteiger partial charge in [-0.05, 0) is 67.6 Å². The zero-order valence-corrected chi connectivity index (χ0v) is 27.6. The van der Waals surface area contributed by atoms with E-state index in [-0.39, 0.29) is 24.2 Å². The van der Waals surface area contributed by atoms with Gasteiger partial charge < -0.3 is 31.0 Å². The number of rotatable bonds is 19. The van der Waals surface area contributed by atoms with E-state index in [0.29, 0.717) is 36.8 Å². The third kappa shape index (κ3) is 13.2. The van der Waals surface area contributed by atoms with Crippen LogP contribution in [0.15, 0.2) is 54.6 Å². The van der Waals surface area contributed by atoms with Gasteiger partial charge in [-0.25, -0.2) is 0 Å². The minimum Gasteiger partial charge on any atom is -0.351 e. The van der Waals surface area contributed by atoms with Gasteiger partial charge in [0.25, 0.3) is 11.8 Å². The number of carbonyl (C=O) groups is 5. The number of aldehydes is 1. The maximum absolute atomic E-state index is 13.6. The van der Waals surface area contributed by atoms with Crippen LogP contribution in [0.2, 0.25) is 0 Å². The molecule has 2 rings (SSSR count). The van der Waals surface area contributed by atoms with Crippen molar-refractivity contribution in [3.8, 4) is 0 Å². The summed E-state index contributed by atoms with van der Waals surface area (Å²) >= 11 is 0. The second-order valence-corrected chi connectivity index (χ2v) is 12.1. The Labute approximate surface area is 268 Å². The normalized spacial score (nSPS) is 13.2. The second-order valence-electron chi connectivity index (χ2n) is 12.1. The van der Waals surface area contributed by atoms with Gasteiger partial charge in [-0.1, -0.05) is 71.9 Å². The molecular weight excluding hydrogens is 570 g/mol. The molecule has 246 valence electrons. The molecule has 0 unspecified atom stereocenters. The number of nitrogens with zero attached hydrogens (tertiary/aromatic N) is 1. The molecule has 0 bridgehead atoms. The summed E-state index contributed by atoms with van der Waals surface area (Å²) in [6.07, 6.45) is 1.74. The van der Waals surface area contributed by atoms with E-state index in [1.165, 1.54) is 0 Å². The van der Waals surface area contributed by atoms with Crippen molar-refractivity contribution >= 4 is 29.9 Å². The monoisotopic (exact) mass is 621 g/mol. The van der Waals surface area contributed by atoms with E-state index >= 15 is 0 Å². The lowest BCUT2D eigenvalue weighted by atomic mass is 10.00. The van der Waals surface area contributed by atoms with Gasteiger partial charge in [0.05, 0.1) is 6.04 Å². The van der Waals surface area contributed by atoms with Crippen molar-refractivity contribution in [3.05, 3.63) is 71.3 Å². The first kappa shape index (κ1) is 37.1. The third-order valence-corrected chi connectivity index (χ3v) is 7.48. The van der Waals surface area contributed by atoms with Crippen molar-refractivity contribution in [3.63, 3.8) is 0 Å². The SMILES string of the molecule is CCN(CC)CCNC(=O)c1ccc(C(=O)N[C@@H](CC(C)C)C(=O)N[C@@H](Cc2ccccc2)C(=O)N[C@H](C=O)CC(C)C)cc1. The molecule has 3 atom stereocenters. The highest BCUT2D eigenvalue weighted by Gasteiger charge is 2.29. The van der Waals surface area contributed by atoms with E-state index in [0.717, 1.165) is 25.2 Å². The first-order valence-electron chi connectivity index (χ1n) is 16.0. The van der Waals surface area contributed by atoms with E-state index < -0.39 is 35.8 Å². The molecule has 0 fully saturated rings.